The monoisotopic (exact) mass is 1180 g/mol. The van der Waals surface area contributed by atoms with Gasteiger partial charge < -0.3 is 138 Å². The second-order valence-electron chi connectivity index (χ2n) is 20.4. The van der Waals surface area contributed by atoms with Crippen molar-refractivity contribution in [2.24, 2.45) is 0 Å². The first kappa shape index (κ1) is 61.8. The number of carbonyl (C=O) groups excluding carboxylic acids is 1. The summed E-state index contributed by atoms with van der Waals surface area (Å²) in [6.45, 7) is 0.405. The van der Waals surface area contributed by atoms with E-state index in [1.54, 1.807) is 0 Å². The van der Waals surface area contributed by atoms with Crippen LogP contribution in [0.3, 0.4) is 0 Å². The number of rotatable bonds is 16. The average molecular weight is 1180 g/mol. The highest BCUT2D eigenvalue weighted by atomic mass is 16.8. The number of phenols is 3. The minimum atomic E-state index is -2.26. The number of aromatic hydroxyl groups is 3. The third kappa shape index (κ3) is 13.1. The van der Waals surface area contributed by atoms with Gasteiger partial charge in [-0.3, -0.25) is 4.79 Å². The molecule has 5 saturated heterocycles. The first-order valence-electron chi connectivity index (χ1n) is 26.0. The van der Waals surface area contributed by atoms with Gasteiger partial charge in [0.05, 0.1) is 32.0 Å². The Morgan fingerprint density at radius 3 is 1.88 bits per heavy atom. The number of hydrogen-bond acceptors (Lipinski definition) is 30. The van der Waals surface area contributed by atoms with Crippen molar-refractivity contribution in [1.29, 1.82) is 0 Å². The lowest BCUT2D eigenvalue weighted by atomic mass is 9.96. The van der Waals surface area contributed by atoms with E-state index in [-0.39, 0.29) is 22.8 Å². The van der Waals surface area contributed by atoms with E-state index in [1.807, 2.05) is 0 Å². The van der Waals surface area contributed by atoms with Crippen molar-refractivity contribution >= 4 is 23.0 Å². The summed E-state index contributed by atoms with van der Waals surface area (Å²) in [7, 11) is 0. The van der Waals surface area contributed by atoms with Crippen molar-refractivity contribution < 1.29 is 143 Å². The summed E-state index contributed by atoms with van der Waals surface area (Å²) in [5.74, 6) is -3.81. The summed E-state index contributed by atoms with van der Waals surface area (Å²) < 4.78 is 70.4. The Hall–Kier alpha value is -5.76. The lowest BCUT2D eigenvalue weighted by Gasteiger charge is -2.48. The summed E-state index contributed by atoms with van der Waals surface area (Å²) >= 11 is 0. The zero-order valence-electron chi connectivity index (χ0n) is 43.8. The number of aliphatic hydroxyl groups excluding tert-OH is 13. The normalized spacial score (nSPS) is 38.7. The molecule has 1 aromatic heterocycles. The van der Waals surface area contributed by atoms with E-state index >= 15 is 0 Å². The first-order chi connectivity index (χ1) is 39.4. The van der Waals surface area contributed by atoms with Crippen LogP contribution in [0.5, 0.6) is 28.7 Å². The molecular formula is C53H64O30. The smallest absolute Gasteiger partial charge is 0.331 e. The summed E-state index contributed by atoms with van der Waals surface area (Å²) in [5.41, 5.74) is -1.17. The number of carbonyl (C=O) groups is 1. The molecule has 456 valence electrons. The molecule has 24 atom stereocenters. The molecule has 5 aliphatic rings. The summed E-state index contributed by atoms with van der Waals surface area (Å²) in [4.78, 5) is 28.3. The third-order valence-corrected chi connectivity index (χ3v) is 14.6. The van der Waals surface area contributed by atoms with Crippen LogP contribution in [0.25, 0.3) is 28.4 Å². The van der Waals surface area contributed by atoms with E-state index in [9.17, 15) is 91.3 Å². The highest BCUT2D eigenvalue weighted by molar-refractivity contribution is 5.88. The van der Waals surface area contributed by atoms with Gasteiger partial charge in [-0.15, -0.1) is 0 Å². The number of esters is 1. The van der Waals surface area contributed by atoms with Gasteiger partial charge in [0.25, 0.3) is 0 Å². The van der Waals surface area contributed by atoms with Gasteiger partial charge >= 0.3 is 5.97 Å². The minimum Gasteiger partial charge on any atom is -0.508 e. The predicted molar refractivity (Wildman–Crippen MR) is 270 cm³/mol. The first-order valence-corrected chi connectivity index (χ1v) is 26.0. The molecule has 0 unspecified atom stereocenters. The Bertz CT molecular complexity index is 2920. The van der Waals surface area contributed by atoms with Crippen LogP contribution >= 0.6 is 0 Å². The zero-order chi connectivity index (χ0) is 59.9. The molecule has 0 aliphatic carbocycles. The molecule has 9 rings (SSSR count). The van der Waals surface area contributed by atoms with E-state index in [4.69, 9.17) is 56.5 Å². The van der Waals surface area contributed by atoms with Gasteiger partial charge in [-0.1, -0.05) is 12.1 Å². The Balaban J connectivity index is 1.07. The number of hydrogen-bond donors (Lipinski definition) is 16. The van der Waals surface area contributed by atoms with E-state index in [1.165, 1.54) is 68.5 Å². The molecule has 0 amide bonds. The van der Waals surface area contributed by atoms with Crippen molar-refractivity contribution in [3.8, 4) is 40.1 Å². The Labute approximate surface area is 468 Å². The Morgan fingerprint density at radius 2 is 1.19 bits per heavy atom. The van der Waals surface area contributed by atoms with Crippen LogP contribution in [-0.2, 0) is 47.4 Å². The SMILES string of the molecule is C[C@@H]1O[C@@H](Oc2cc(O)c3c(=O)c(O[C@H]4O[C@@H](CO[C@H]5O[C@@H](CO)[C@H](O)[C@@H](O)[C@@H]5O)[C@@H](O)[C@@H](O)[C@@H]4O[C@H]4O[C@H](C)[C@@H](OC(=O)/C=C\c5ccc(O)cc5)[C@H](O[C@H]5OC[C@H](O)[C@@H](O)[C@@H]5O)[C@@H]4O)c(-c4ccc(O)cc4)oc3c2)[C@H](O)[C@H](O)[C@H]1O. The number of fused-ring (bicyclic) bond motifs is 1. The fourth-order valence-corrected chi connectivity index (χ4v) is 9.83. The Morgan fingerprint density at radius 1 is 0.590 bits per heavy atom. The largest absolute Gasteiger partial charge is 0.508 e. The molecule has 83 heavy (non-hydrogen) atoms. The summed E-state index contributed by atoms with van der Waals surface area (Å²) in [6, 6.07) is 12.6. The third-order valence-electron chi connectivity index (χ3n) is 14.6. The standard InChI is InChI=1S/C53H64O30/c1-18-32(60)37(65)42(70)51(74-18)76-24-13-25(57)31-27(14-24)77-45(21-6-10-23(56)11-7-21)46(36(31)64)82-53-48(39(67)35(63)29(79-53)17-73-49-41(69)38(66)34(62)28(15-54)78-49)83-52-43(71)47(81-50-40(68)33(61)26(58)16-72-50)44(19(2)75-52)80-30(59)12-5-20-3-8-22(55)9-4-20/h3-14,18-19,26,28-29,32-35,37-44,47-58,60-63,65-71H,15-17H2,1-2H3/b12-5-/t18-,19+,26-,28-,29-,32-,33+,34-,35+,37+,38+,39+,40-,41-,42+,43-,44+,47+,48-,49-,50+,51-,52+,53+/m0/s1. The van der Waals surface area contributed by atoms with Gasteiger partial charge in [-0.25, -0.2) is 4.79 Å². The van der Waals surface area contributed by atoms with Crippen molar-refractivity contribution in [3.05, 3.63) is 82.5 Å². The molecular weight excluding hydrogens is 1120 g/mol. The van der Waals surface area contributed by atoms with E-state index < -0.39 is 207 Å². The lowest BCUT2D eigenvalue weighted by molar-refractivity contribution is -0.375. The van der Waals surface area contributed by atoms with Crippen LogP contribution in [0.4, 0.5) is 0 Å². The molecule has 5 fully saturated rings. The van der Waals surface area contributed by atoms with Gasteiger partial charge in [0.1, 0.15) is 126 Å². The molecule has 0 saturated carbocycles. The maximum atomic E-state index is 14.9. The number of phenolic OH excluding ortho intramolecular Hbond substituents is 3. The van der Waals surface area contributed by atoms with Crippen LogP contribution in [0, 0.1) is 0 Å². The van der Waals surface area contributed by atoms with Crippen molar-refractivity contribution in [2.75, 3.05) is 19.8 Å². The number of benzene rings is 3. The maximum Gasteiger partial charge on any atom is 0.331 e. The quantitative estimate of drug-likeness (QED) is 0.0371. The van der Waals surface area contributed by atoms with Crippen molar-refractivity contribution in [2.45, 2.75) is 161 Å². The van der Waals surface area contributed by atoms with E-state index in [0.29, 0.717) is 5.56 Å². The maximum absolute atomic E-state index is 14.9. The summed E-state index contributed by atoms with van der Waals surface area (Å²) in [5, 5.41) is 171. The second-order valence-corrected chi connectivity index (χ2v) is 20.4. The lowest BCUT2D eigenvalue weighted by Crippen LogP contribution is -2.66. The molecule has 30 nitrogen and oxygen atoms in total. The predicted octanol–water partition coefficient (Wildman–Crippen LogP) is -4.63. The molecule has 6 heterocycles. The van der Waals surface area contributed by atoms with Crippen LogP contribution < -0.4 is 14.9 Å². The highest BCUT2D eigenvalue weighted by Gasteiger charge is 2.55. The summed E-state index contributed by atoms with van der Waals surface area (Å²) in [6.07, 6.45) is -41.3. The van der Waals surface area contributed by atoms with Gasteiger partial charge in [0.2, 0.25) is 23.8 Å². The van der Waals surface area contributed by atoms with E-state index in [0.717, 1.165) is 18.2 Å². The van der Waals surface area contributed by atoms with Gasteiger partial charge in [0, 0.05) is 23.8 Å². The molecule has 5 aliphatic heterocycles. The number of ether oxygens (including phenoxy) is 11. The van der Waals surface area contributed by atoms with E-state index in [2.05, 4.69) is 0 Å². The zero-order valence-corrected chi connectivity index (χ0v) is 43.8. The Kier molecular flexibility index (Phi) is 19.2. The topological polar surface area (TPSA) is 472 Å². The van der Waals surface area contributed by atoms with Crippen LogP contribution in [0.2, 0.25) is 0 Å². The van der Waals surface area contributed by atoms with Crippen LogP contribution in [0.1, 0.15) is 19.4 Å². The fraction of sp³-hybridized carbons (Fsp3) is 0.547. The highest BCUT2D eigenvalue weighted by Crippen LogP contribution is 2.40. The van der Waals surface area contributed by atoms with Crippen LogP contribution in [0.15, 0.2) is 76.0 Å². The molecule has 4 aromatic rings. The van der Waals surface area contributed by atoms with Gasteiger partial charge in [-0.2, -0.15) is 0 Å². The van der Waals surface area contributed by atoms with Crippen molar-refractivity contribution in [1.82, 2.24) is 0 Å². The average Bonchev–Trinajstić information content (AvgIpc) is 3.51. The fourth-order valence-electron chi connectivity index (χ4n) is 9.83. The van der Waals surface area contributed by atoms with Crippen molar-refractivity contribution in [3.63, 3.8) is 0 Å². The van der Waals surface area contributed by atoms with Gasteiger partial charge in [-0.05, 0) is 61.9 Å². The molecule has 30 heteroatoms. The molecule has 0 radical (unpaired) electrons. The van der Waals surface area contributed by atoms with Gasteiger partial charge in [0.15, 0.2) is 36.8 Å². The molecule has 0 spiro atoms. The minimum absolute atomic E-state index is 0.0148. The second kappa shape index (κ2) is 25.8. The molecule has 16 N–H and O–H groups in total. The van der Waals surface area contributed by atoms with Crippen LogP contribution in [-0.4, -0.2) is 255 Å². The molecule has 0 bridgehead atoms. The molecule has 3 aromatic carbocycles. The number of aliphatic hydroxyl groups is 13.